The number of halogens is 1. The van der Waals surface area contributed by atoms with E-state index in [-0.39, 0.29) is 5.69 Å². The normalized spacial score (nSPS) is 12.2. The maximum Gasteiger partial charge on any atom is 0.353 e. The molecule has 0 spiro atoms. The highest BCUT2D eigenvalue weighted by Gasteiger charge is 2.15. The summed E-state index contributed by atoms with van der Waals surface area (Å²) < 4.78 is 19.5. The monoisotopic (exact) mass is 328 g/mol. The van der Waals surface area contributed by atoms with E-state index in [1.165, 1.54) is 6.92 Å². The number of hydrogen-bond donors (Lipinski definition) is 1. The SMILES string of the molecule is CC(F)Oc1cccc(CCc2ccc3nccn3c2C(=O)O)c1. The number of ether oxygens (including phenoxy) is 1. The number of benzene rings is 1. The minimum atomic E-state index is -1.37. The van der Waals surface area contributed by atoms with E-state index in [2.05, 4.69) is 4.98 Å². The molecule has 0 amide bonds. The zero-order valence-corrected chi connectivity index (χ0v) is 13.1. The lowest BCUT2D eigenvalue weighted by molar-refractivity contribution is 0.0687. The van der Waals surface area contributed by atoms with Crippen molar-refractivity contribution in [2.75, 3.05) is 0 Å². The summed E-state index contributed by atoms with van der Waals surface area (Å²) in [6.45, 7) is 1.33. The second-order valence-corrected chi connectivity index (χ2v) is 5.48. The van der Waals surface area contributed by atoms with Gasteiger partial charge in [-0.3, -0.25) is 4.40 Å². The molecule has 1 unspecified atom stereocenters. The highest BCUT2D eigenvalue weighted by molar-refractivity contribution is 5.88. The number of pyridine rings is 1. The van der Waals surface area contributed by atoms with Crippen molar-refractivity contribution in [3.05, 3.63) is 65.6 Å². The first-order chi connectivity index (χ1) is 11.5. The van der Waals surface area contributed by atoms with Gasteiger partial charge < -0.3 is 9.84 Å². The van der Waals surface area contributed by atoms with E-state index in [4.69, 9.17) is 4.74 Å². The van der Waals surface area contributed by atoms with Gasteiger partial charge in [0, 0.05) is 19.3 Å². The molecule has 2 aromatic heterocycles. The van der Waals surface area contributed by atoms with Crippen molar-refractivity contribution in [1.29, 1.82) is 0 Å². The molecule has 124 valence electrons. The van der Waals surface area contributed by atoms with Crippen LogP contribution >= 0.6 is 0 Å². The van der Waals surface area contributed by atoms with Crippen LogP contribution < -0.4 is 4.74 Å². The standard InChI is InChI=1S/C18H17FN2O3/c1-12(19)24-15-4-2-3-13(11-15)5-6-14-7-8-16-20-9-10-21(16)17(14)18(22)23/h2-4,7-12H,5-6H2,1H3,(H,22,23). The summed E-state index contributed by atoms with van der Waals surface area (Å²) in [5.41, 5.74) is 2.49. The van der Waals surface area contributed by atoms with Crippen LogP contribution in [-0.4, -0.2) is 26.8 Å². The minimum Gasteiger partial charge on any atom is -0.477 e. The van der Waals surface area contributed by atoms with Gasteiger partial charge in [-0.25, -0.2) is 14.2 Å². The average molecular weight is 328 g/mol. The molecule has 2 heterocycles. The van der Waals surface area contributed by atoms with Crippen molar-refractivity contribution in [3.63, 3.8) is 0 Å². The van der Waals surface area contributed by atoms with Crippen LogP contribution in [-0.2, 0) is 12.8 Å². The Morgan fingerprint density at radius 1 is 1.33 bits per heavy atom. The molecule has 0 fully saturated rings. The van der Waals surface area contributed by atoms with Crippen molar-refractivity contribution in [2.45, 2.75) is 26.1 Å². The molecule has 0 aliphatic heterocycles. The molecular formula is C18H17FN2O3. The number of aromatic carboxylic acids is 1. The lowest BCUT2D eigenvalue weighted by atomic mass is 10.0. The van der Waals surface area contributed by atoms with Gasteiger partial charge in [0.1, 0.15) is 17.1 Å². The number of aromatic nitrogens is 2. The van der Waals surface area contributed by atoms with Gasteiger partial charge in [0.25, 0.3) is 0 Å². The number of fused-ring (bicyclic) bond motifs is 1. The van der Waals surface area contributed by atoms with Crippen molar-refractivity contribution in [1.82, 2.24) is 9.38 Å². The van der Waals surface area contributed by atoms with Gasteiger partial charge in [0.15, 0.2) is 0 Å². The number of hydrogen-bond acceptors (Lipinski definition) is 3. The van der Waals surface area contributed by atoms with Crippen molar-refractivity contribution >= 4 is 11.6 Å². The summed E-state index contributed by atoms with van der Waals surface area (Å²) in [4.78, 5) is 15.7. The van der Waals surface area contributed by atoms with Gasteiger partial charge in [-0.1, -0.05) is 18.2 Å². The van der Waals surface area contributed by atoms with Crippen LogP contribution in [0.25, 0.3) is 5.65 Å². The zero-order chi connectivity index (χ0) is 17.1. The molecule has 0 radical (unpaired) electrons. The van der Waals surface area contributed by atoms with Crippen LogP contribution in [0, 0.1) is 0 Å². The third kappa shape index (κ3) is 3.37. The third-order valence-electron chi connectivity index (χ3n) is 3.73. The Morgan fingerprint density at radius 2 is 2.17 bits per heavy atom. The van der Waals surface area contributed by atoms with E-state index in [9.17, 15) is 14.3 Å². The summed E-state index contributed by atoms with van der Waals surface area (Å²) in [5, 5.41) is 9.51. The molecule has 6 heteroatoms. The molecule has 1 atom stereocenters. The smallest absolute Gasteiger partial charge is 0.353 e. The van der Waals surface area contributed by atoms with Crippen molar-refractivity contribution in [3.8, 4) is 5.75 Å². The molecule has 24 heavy (non-hydrogen) atoms. The van der Waals surface area contributed by atoms with Crippen LogP contribution in [0.1, 0.15) is 28.5 Å². The predicted octanol–water partition coefficient (Wildman–Crippen LogP) is 3.51. The summed E-state index contributed by atoms with van der Waals surface area (Å²) in [5.74, 6) is -0.525. The molecule has 5 nitrogen and oxygen atoms in total. The largest absolute Gasteiger partial charge is 0.477 e. The molecule has 3 rings (SSSR count). The van der Waals surface area contributed by atoms with Gasteiger partial charge >= 0.3 is 5.97 Å². The molecule has 3 aromatic rings. The molecule has 0 aliphatic rings. The van der Waals surface area contributed by atoms with Crippen molar-refractivity contribution in [2.24, 2.45) is 0 Å². The molecular weight excluding hydrogens is 311 g/mol. The highest BCUT2D eigenvalue weighted by Crippen LogP contribution is 2.19. The van der Waals surface area contributed by atoms with E-state index in [1.54, 1.807) is 47.1 Å². The average Bonchev–Trinajstić information content (AvgIpc) is 3.00. The molecule has 0 saturated carbocycles. The number of rotatable bonds is 6. The van der Waals surface area contributed by atoms with Gasteiger partial charge in [0.05, 0.1) is 0 Å². The van der Waals surface area contributed by atoms with Gasteiger partial charge in [-0.2, -0.15) is 0 Å². The summed E-state index contributed by atoms with van der Waals surface area (Å²) in [6.07, 6.45) is 3.01. The molecule has 0 saturated heterocycles. The number of imidazole rings is 1. The fraction of sp³-hybridized carbons (Fsp3) is 0.222. The zero-order valence-electron chi connectivity index (χ0n) is 13.1. The summed E-state index contributed by atoms with van der Waals surface area (Å²) in [6, 6.07) is 10.8. The van der Waals surface area contributed by atoms with Gasteiger partial charge in [-0.15, -0.1) is 0 Å². The number of carbonyl (C=O) groups is 1. The van der Waals surface area contributed by atoms with E-state index in [0.717, 1.165) is 11.1 Å². The quantitative estimate of drug-likeness (QED) is 0.752. The number of alkyl halides is 1. The van der Waals surface area contributed by atoms with Gasteiger partial charge in [0.2, 0.25) is 6.36 Å². The fourth-order valence-corrected chi connectivity index (χ4v) is 2.72. The summed E-state index contributed by atoms with van der Waals surface area (Å²) in [7, 11) is 0. The molecule has 0 aliphatic carbocycles. The fourth-order valence-electron chi connectivity index (χ4n) is 2.72. The van der Waals surface area contributed by atoms with E-state index >= 15 is 0 Å². The first-order valence-electron chi connectivity index (χ1n) is 7.62. The van der Waals surface area contributed by atoms with Crippen LogP contribution in [0.4, 0.5) is 4.39 Å². The minimum absolute atomic E-state index is 0.217. The molecule has 1 N–H and O–H groups in total. The second-order valence-electron chi connectivity index (χ2n) is 5.48. The Balaban J connectivity index is 1.83. The molecule has 1 aromatic carbocycles. The van der Waals surface area contributed by atoms with Crippen molar-refractivity contribution < 1.29 is 19.0 Å². The topological polar surface area (TPSA) is 63.8 Å². The lowest BCUT2D eigenvalue weighted by Crippen LogP contribution is -2.10. The van der Waals surface area contributed by atoms with Crippen LogP contribution in [0.5, 0.6) is 5.75 Å². The van der Waals surface area contributed by atoms with E-state index < -0.39 is 12.3 Å². The first kappa shape index (κ1) is 16.0. The van der Waals surface area contributed by atoms with Crippen LogP contribution in [0.15, 0.2) is 48.8 Å². The number of carboxylic acid groups (broad SMARTS) is 1. The number of carboxylic acids is 1. The second kappa shape index (κ2) is 6.70. The Morgan fingerprint density at radius 3 is 2.92 bits per heavy atom. The van der Waals surface area contributed by atoms with Gasteiger partial charge in [-0.05, 0) is 42.2 Å². The maximum absolute atomic E-state index is 12.9. The Kier molecular flexibility index (Phi) is 4.46. The molecule has 0 bridgehead atoms. The highest BCUT2D eigenvalue weighted by atomic mass is 19.1. The predicted molar refractivity (Wildman–Crippen MR) is 87.2 cm³/mol. The van der Waals surface area contributed by atoms with Crippen LogP contribution in [0.2, 0.25) is 0 Å². The third-order valence-corrected chi connectivity index (χ3v) is 3.73. The maximum atomic E-state index is 12.9. The number of aryl methyl sites for hydroxylation is 2. The Bertz CT molecular complexity index is 874. The van der Waals surface area contributed by atoms with E-state index in [0.29, 0.717) is 24.2 Å². The van der Waals surface area contributed by atoms with E-state index in [1.807, 2.05) is 6.07 Å². The Hall–Kier alpha value is -2.89. The Labute approximate surface area is 138 Å². The summed E-state index contributed by atoms with van der Waals surface area (Å²) >= 11 is 0. The van der Waals surface area contributed by atoms with Crippen LogP contribution in [0.3, 0.4) is 0 Å². The number of nitrogens with zero attached hydrogens (tertiary/aromatic N) is 2. The first-order valence-corrected chi connectivity index (χ1v) is 7.62. The lowest BCUT2D eigenvalue weighted by Gasteiger charge is -2.10.